The molecule has 0 rings (SSSR count). The predicted molar refractivity (Wildman–Crippen MR) is 63.5 cm³/mol. The van der Waals surface area contributed by atoms with Gasteiger partial charge < -0.3 is 10.3 Å². The standard InChI is InChI=1S/C12H18N2O3/c1-4-17-12(16)11(14-13)10(15)8-6-5-7-9(2)3/h7H,4-6,8H2,1-3H3. The van der Waals surface area contributed by atoms with Crippen LogP contribution in [0.5, 0.6) is 0 Å². The Labute approximate surface area is 101 Å². The lowest BCUT2D eigenvalue weighted by atomic mass is 10.1. The number of hydrogen-bond acceptors (Lipinski definition) is 3. The van der Waals surface area contributed by atoms with Gasteiger partial charge in [0, 0.05) is 6.42 Å². The number of ether oxygens (including phenoxy) is 1. The Morgan fingerprint density at radius 3 is 2.47 bits per heavy atom. The Morgan fingerprint density at radius 1 is 1.35 bits per heavy atom. The predicted octanol–water partition coefficient (Wildman–Crippen LogP) is 1.93. The smallest absolute Gasteiger partial charge is 0.441 e. The van der Waals surface area contributed by atoms with E-state index in [1.165, 1.54) is 5.57 Å². The molecule has 0 aliphatic rings. The van der Waals surface area contributed by atoms with E-state index in [1.54, 1.807) is 6.92 Å². The Hall–Kier alpha value is -1.74. The van der Waals surface area contributed by atoms with Gasteiger partial charge in [0.15, 0.2) is 0 Å². The number of Topliss-reactive ketones (excluding diaryl/α,β-unsaturated/α-hetero) is 1. The normalized spacial score (nSPS) is 9.12. The molecule has 0 saturated carbocycles. The van der Waals surface area contributed by atoms with Crippen LogP contribution in [0.25, 0.3) is 5.53 Å². The van der Waals surface area contributed by atoms with Gasteiger partial charge in [-0.25, -0.2) is 4.79 Å². The summed E-state index contributed by atoms with van der Waals surface area (Å²) in [5.74, 6) is -1.37. The van der Waals surface area contributed by atoms with Gasteiger partial charge in [0.2, 0.25) is 0 Å². The molecule has 17 heavy (non-hydrogen) atoms. The molecule has 0 unspecified atom stereocenters. The van der Waals surface area contributed by atoms with Gasteiger partial charge in [0.05, 0.1) is 6.61 Å². The third kappa shape index (κ3) is 6.43. The maximum absolute atomic E-state index is 11.5. The van der Waals surface area contributed by atoms with Crippen molar-refractivity contribution >= 4 is 17.5 Å². The van der Waals surface area contributed by atoms with Crippen LogP contribution >= 0.6 is 0 Å². The number of rotatable bonds is 7. The van der Waals surface area contributed by atoms with Gasteiger partial charge in [-0.05, 0) is 33.6 Å². The SMILES string of the molecule is CCOC(=O)C(=[N+]=[N-])C(=O)CCCC=C(C)C. The van der Waals surface area contributed by atoms with Crippen molar-refractivity contribution in [2.24, 2.45) is 0 Å². The molecular formula is C12H18N2O3. The molecule has 5 nitrogen and oxygen atoms in total. The van der Waals surface area contributed by atoms with Crippen molar-refractivity contribution in [2.45, 2.75) is 40.0 Å². The minimum atomic E-state index is -0.873. The van der Waals surface area contributed by atoms with Crippen LogP contribution in [0.4, 0.5) is 0 Å². The highest BCUT2D eigenvalue weighted by Gasteiger charge is 2.29. The van der Waals surface area contributed by atoms with Gasteiger partial charge in [-0.1, -0.05) is 11.6 Å². The molecule has 0 heterocycles. The Kier molecular flexibility index (Phi) is 7.55. The van der Waals surface area contributed by atoms with Crippen LogP contribution in [-0.4, -0.2) is 28.9 Å². The first kappa shape index (κ1) is 15.3. The summed E-state index contributed by atoms with van der Waals surface area (Å²) in [6.45, 7) is 5.71. The summed E-state index contributed by atoms with van der Waals surface area (Å²) in [7, 11) is 0. The van der Waals surface area contributed by atoms with Crippen molar-refractivity contribution in [1.82, 2.24) is 0 Å². The third-order valence-electron chi connectivity index (χ3n) is 1.99. The Balaban J connectivity index is 4.25. The first-order valence-corrected chi connectivity index (χ1v) is 5.58. The topological polar surface area (TPSA) is 79.8 Å². The zero-order chi connectivity index (χ0) is 13.3. The molecular weight excluding hydrogens is 220 g/mol. The molecule has 0 aliphatic heterocycles. The summed E-state index contributed by atoms with van der Waals surface area (Å²) in [5.41, 5.74) is 9.25. The molecule has 0 radical (unpaired) electrons. The van der Waals surface area contributed by atoms with Crippen LogP contribution in [0, 0.1) is 0 Å². The lowest BCUT2D eigenvalue weighted by molar-refractivity contribution is -0.141. The van der Waals surface area contributed by atoms with Crippen LogP contribution in [-0.2, 0) is 14.3 Å². The van der Waals surface area contributed by atoms with Gasteiger partial charge in [-0.2, -0.15) is 4.79 Å². The average molecular weight is 238 g/mol. The van der Waals surface area contributed by atoms with Gasteiger partial charge in [0.25, 0.3) is 5.78 Å². The second kappa shape index (κ2) is 8.42. The van der Waals surface area contributed by atoms with Crippen molar-refractivity contribution in [3.05, 3.63) is 17.2 Å². The molecule has 0 amide bonds. The Bertz CT molecular complexity index is 362. The maximum Gasteiger partial charge on any atom is 0.441 e. The molecule has 0 fully saturated rings. The van der Waals surface area contributed by atoms with E-state index in [0.717, 1.165) is 6.42 Å². The summed E-state index contributed by atoms with van der Waals surface area (Å²) in [5, 5.41) is 0. The minimum Gasteiger partial charge on any atom is -0.457 e. The highest BCUT2D eigenvalue weighted by Crippen LogP contribution is 2.02. The minimum absolute atomic E-state index is 0.142. The molecule has 0 N–H and O–H groups in total. The number of nitrogens with zero attached hydrogens (tertiary/aromatic N) is 2. The largest absolute Gasteiger partial charge is 0.457 e. The van der Waals surface area contributed by atoms with Gasteiger partial charge in [-0.3, -0.25) is 4.79 Å². The lowest BCUT2D eigenvalue weighted by Crippen LogP contribution is -2.27. The van der Waals surface area contributed by atoms with Crippen molar-refractivity contribution in [2.75, 3.05) is 6.61 Å². The molecule has 94 valence electrons. The number of allylic oxidation sites excluding steroid dienone is 2. The van der Waals surface area contributed by atoms with E-state index < -0.39 is 17.5 Å². The first-order valence-electron chi connectivity index (χ1n) is 5.58. The highest BCUT2D eigenvalue weighted by molar-refractivity contribution is 6.62. The van der Waals surface area contributed by atoms with E-state index in [-0.39, 0.29) is 13.0 Å². The van der Waals surface area contributed by atoms with Gasteiger partial charge >= 0.3 is 11.7 Å². The fourth-order valence-corrected chi connectivity index (χ4v) is 1.18. The molecule has 0 bridgehead atoms. The number of hydrogen-bond donors (Lipinski definition) is 0. The van der Waals surface area contributed by atoms with E-state index in [0.29, 0.717) is 6.42 Å². The van der Waals surface area contributed by atoms with Crippen LogP contribution in [0.3, 0.4) is 0 Å². The molecule has 0 atom stereocenters. The van der Waals surface area contributed by atoms with Gasteiger partial charge in [-0.15, -0.1) is 0 Å². The van der Waals surface area contributed by atoms with Crippen molar-refractivity contribution in [3.8, 4) is 0 Å². The molecule has 0 aromatic rings. The number of unbranched alkanes of at least 4 members (excludes halogenated alkanes) is 1. The van der Waals surface area contributed by atoms with Crippen LogP contribution in [0.2, 0.25) is 0 Å². The van der Waals surface area contributed by atoms with E-state index in [4.69, 9.17) is 5.53 Å². The van der Waals surface area contributed by atoms with E-state index in [2.05, 4.69) is 9.53 Å². The summed E-state index contributed by atoms with van der Waals surface area (Å²) in [6, 6.07) is 0. The van der Waals surface area contributed by atoms with Crippen LogP contribution in [0.15, 0.2) is 11.6 Å². The average Bonchev–Trinajstić information content (AvgIpc) is 2.25. The molecule has 0 saturated heterocycles. The summed E-state index contributed by atoms with van der Waals surface area (Å²) in [6.07, 6.45) is 3.55. The van der Waals surface area contributed by atoms with E-state index in [9.17, 15) is 9.59 Å². The summed E-state index contributed by atoms with van der Waals surface area (Å²) in [4.78, 5) is 25.4. The van der Waals surface area contributed by atoms with Crippen molar-refractivity contribution < 1.29 is 19.1 Å². The van der Waals surface area contributed by atoms with Crippen molar-refractivity contribution in [3.63, 3.8) is 0 Å². The van der Waals surface area contributed by atoms with Gasteiger partial charge in [0.1, 0.15) is 0 Å². The fourth-order valence-electron chi connectivity index (χ4n) is 1.18. The maximum atomic E-state index is 11.5. The molecule has 0 spiro atoms. The van der Waals surface area contributed by atoms with E-state index in [1.807, 2.05) is 19.9 Å². The monoisotopic (exact) mass is 238 g/mol. The zero-order valence-electron chi connectivity index (χ0n) is 10.5. The Morgan fingerprint density at radius 2 is 2.00 bits per heavy atom. The molecule has 5 heteroatoms. The quantitative estimate of drug-likeness (QED) is 0.129. The number of carbonyl (C=O) groups excluding carboxylic acids is 2. The summed E-state index contributed by atoms with van der Waals surface area (Å²) < 4.78 is 4.60. The second-order valence-electron chi connectivity index (χ2n) is 3.77. The highest BCUT2D eigenvalue weighted by atomic mass is 16.5. The van der Waals surface area contributed by atoms with Crippen LogP contribution < -0.4 is 0 Å². The fraction of sp³-hybridized carbons (Fsp3) is 0.583. The zero-order valence-corrected chi connectivity index (χ0v) is 10.5. The van der Waals surface area contributed by atoms with E-state index >= 15 is 0 Å². The van der Waals surface area contributed by atoms with Crippen LogP contribution in [0.1, 0.15) is 40.0 Å². The molecule has 0 aliphatic carbocycles. The number of ketones is 1. The molecule has 0 aromatic heterocycles. The lowest BCUT2D eigenvalue weighted by Gasteiger charge is -1.97. The van der Waals surface area contributed by atoms with Crippen molar-refractivity contribution in [1.29, 1.82) is 0 Å². The summed E-state index contributed by atoms with van der Waals surface area (Å²) >= 11 is 0. The third-order valence-corrected chi connectivity index (χ3v) is 1.99. The molecule has 0 aromatic carbocycles. The number of esters is 1. The number of carbonyl (C=O) groups is 2. The second-order valence-corrected chi connectivity index (χ2v) is 3.77. The first-order chi connectivity index (χ1) is 8.02.